The molecule has 56 valence electrons. The van der Waals surface area contributed by atoms with Crippen LogP contribution >= 0.6 is 0 Å². The minimum absolute atomic E-state index is 0.0303. The Balaban J connectivity index is 2.17. The van der Waals surface area contributed by atoms with Crippen molar-refractivity contribution in [3.8, 4) is 6.07 Å². The Labute approximate surface area is 66.2 Å². The van der Waals surface area contributed by atoms with Crippen LogP contribution in [0.2, 0.25) is 0 Å². The molecule has 0 fully saturated rings. The van der Waals surface area contributed by atoms with Gasteiger partial charge in [-0.2, -0.15) is 5.26 Å². The fourth-order valence-corrected chi connectivity index (χ4v) is 1.64. The van der Waals surface area contributed by atoms with Crippen molar-refractivity contribution in [3.05, 3.63) is 23.4 Å². The van der Waals surface area contributed by atoms with E-state index in [1.54, 1.807) is 0 Å². The van der Waals surface area contributed by atoms with E-state index in [1.165, 1.54) is 11.3 Å². The van der Waals surface area contributed by atoms with E-state index in [-0.39, 0.29) is 6.04 Å². The van der Waals surface area contributed by atoms with Crippen LogP contribution in [-0.2, 0) is 0 Å². The van der Waals surface area contributed by atoms with Crippen molar-refractivity contribution in [2.75, 3.05) is 0 Å². The maximum absolute atomic E-state index is 8.65. The summed E-state index contributed by atoms with van der Waals surface area (Å²) < 4.78 is 0. The van der Waals surface area contributed by atoms with Crippen molar-refractivity contribution in [2.45, 2.75) is 25.3 Å². The SMILES string of the molecule is N#CC1CC2=C(C=CCC2)N1. The number of hydrogen-bond donors (Lipinski definition) is 1. The Morgan fingerprint density at radius 2 is 2.55 bits per heavy atom. The maximum Gasteiger partial charge on any atom is 0.118 e. The molecule has 2 nitrogen and oxygen atoms in total. The second-order valence-corrected chi connectivity index (χ2v) is 2.99. The molecular weight excluding hydrogens is 136 g/mol. The Kier molecular flexibility index (Phi) is 1.43. The lowest BCUT2D eigenvalue weighted by Gasteiger charge is -2.05. The van der Waals surface area contributed by atoms with E-state index < -0.39 is 0 Å². The predicted octanol–water partition coefficient (Wildman–Crippen LogP) is 1.48. The summed E-state index contributed by atoms with van der Waals surface area (Å²) in [4.78, 5) is 0. The van der Waals surface area contributed by atoms with Gasteiger partial charge in [-0.25, -0.2) is 0 Å². The molecule has 0 spiro atoms. The van der Waals surface area contributed by atoms with Crippen LogP contribution in [0, 0.1) is 11.3 Å². The van der Waals surface area contributed by atoms with Crippen molar-refractivity contribution in [3.63, 3.8) is 0 Å². The van der Waals surface area contributed by atoms with Gasteiger partial charge in [0.2, 0.25) is 0 Å². The topological polar surface area (TPSA) is 35.8 Å². The van der Waals surface area contributed by atoms with Gasteiger partial charge in [-0.15, -0.1) is 0 Å². The quantitative estimate of drug-likeness (QED) is 0.561. The molecule has 2 rings (SSSR count). The van der Waals surface area contributed by atoms with Crippen LogP contribution in [0.25, 0.3) is 0 Å². The Morgan fingerprint density at radius 1 is 1.64 bits per heavy atom. The van der Waals surface area contributed by atoms with Crippen LogP contribution in [-0.4, -0.2) is 6.04 Å². The molecule has 0 aromatic rings. The molecule has 0 amide bonds. The zero-order valence-corrected chi connectivity index (χ0v) is 6.30. The van der Waals surface area contributed by atoms with Gasteiger partial charge < -0.3 is 5.32 Å². The lowest BCUT2D eigenvalue weighted by Crippen LogP contribution is -2.19. The number of allylic oxidation sites excluding steroid dienone is 2. The summed E-state index contributed by atoms with van der Waals surface area (Å²) in [5.74, 6) is 0. The van der Waals surface area contributed by atoms with Crippen LogP contribution in [0.5, 0.6) is 0 Å². The molecule has 1 N–H and O–H groups in total. The first-order valence-electron chi connectivity index (χ1n) is 3.95. The molecule has 1 unspecified atom stereocenters. The Hall–Kier alpha value is -1.23. The lowest BCUT2D eigenvalue weighted by molar-refractivity contribution is 0.745. The third-order valence-electron chi connectivity index (χ3n) is 2.21. The van der Waals surface area contributed by atoms with Gasteiger partial charge in [-0.05, 0) is 24.5 Å². The Bertz CT molecular complexity index is 268. The first kappa shape index (κ1) is 6.48. The first-order valence-corrected chi connectivity index (χ1v) is 3.95. The molecule has 0 aromatic carbocycles. The lowest BCUT2D eigenvalue weighted by atomic mass is 10.0. The van der Waals surface area contributed by atoms with E-state index >= 15 is 0 Å². The zero-order valence-electron chi connectivity index (χ0n) is 6.30. The first-order chi connectivity index (χ1) is 5.40. The molecule has 0 radical (unpaired) electrons. The fourth-order valence-electron chi connectivity index (χ4n) is 1.64. The largest absolute Gasteiger partial charge is 0.370 e. The van der Waals surface area contributed by atoms with Gasteiger partial charge >= 0.3 is 0 Å². The molecule has 2 aliphatic rings. The van der Waals surface area contributed by atoms with Gasteiger partial charge in [0, 0.05) is 12.1 Å². The summed E-state index contributed by atoms with van der Waals surface area (Å²) in [7, 11) is 0. The van der Waals surface area contributed by atoms with Crippen LogP contribution in [0.3, 0.4) is 0 Å². The average Bonchev–Trinajstić information content (AvgIpc) is 2.46. The highest BCUT2D eigenvalue weighted by Gasteiger charge is 2.21. The average molecular weight is 146 g/mol. The zero-order chi connectivity index (χ0) is 7.68. The number of nitrogens with one attached hydrogen (secondary N) is 1. The summed E-state index contributed by atoms with van der Waals surface area (Å²) in [6.45, 7) is 0. The summed E-state index contributed by atoms with van der Waals surface area (Å²) in [5.41, 5.74) is 2.63. The molecule has 0 bridgehead atoms. The van der Waals surface area contributed by atoms with Crippen molar-refractivity contribution in [1.29, 1.82) is 5.26 Å². The second kappa shape index (κ2) is 2.43. The molecule has 0 saturated heterocycles. The molecule has 1 atom stereocenters. The van der Waals surface area contributed by atoms with Gasteiger partial charge in [0.25, 0.3) is 0 Å². The van der Waals surface area contributed by atoms with E-state index in [4.69, 9.17) is 5.26 Å². The number of hydrogen-bond acceptors (Lipinski definition) is 2. The van der Waals surface area contributed by atoms with Crippen molar-refractivity contribution in [2.24, 2.45) is 0 Å². The van der Waals surface area contributed by atoms with E-state index in [1.807, 2.05) is 0 Å². The summed E-state index contributed by atoms with van der Waals surface area (Å²) in [6, 6.07) is 2.26. The van der Waals surface area contributed by atoms with Crippen molar-refractivity contribution >= 4 is 0 Å². The molecule has 0 aromatic heterocycles. The van der Waals surface area contributed by atoms with E-state index in [0.29, 0.717) is 0 Å². The van der Waals surface area contributed by atoms with Crippen LogP contribution in [0.4, 0.5) is 0 Å². The highest BCUT2D eigenvalue weighted by atomic mass is 14.9. The van der Waals surface area contributed by atoms with Gasteiger partial charge in [-0.1, -0.05) is 6.08 Å². The van der Waals surface area contributed by atoms with Crippen LogP contribution in [0.1, 0.15) is 19.3 Å². The third kappa shape index (κ3) is 1.03. The highest BCUT2D eigenvalue weighted by Crippen LogP contribution is 2.26. The monoisotopic (exact) mass is 146 g/mol. The third-order valence-corrected chi connectivity index (χ3v) is 2.21. The number of rotatable bonds is 0. The summed E-state index contributed by atoms with van der Waals surface area (Å²) >= 11 is 0. The van der Waals surface area contributed by atoms with Gasteiger partial charge in [0.1, 0.15) is 6.04 Å². The second-order valence-electron chi connectivity index (χ2n) is 2.99. The van der Waals surface area contributed by atoms with E-state index in [9.17, 15) is 0 Å². The smallest absolute Gasteiger partial charge is 0.118 e. The standard InChI is InChI=1S/C9H10N2/c10-6-8-5-7-3-1-2-4-9(7)11-8/h2,4,8,11H,1,3,5H2. The highest BCUT2D eigenvalue weighted by molar-refractivity contribution is 5.35. The number of nitriles is 1. The van der Waals surface area contributed by atoms with Crippen molar-refractivity contribution in [1.82, 2.24) is 5.32 Å². The molecule has 1 heterocycles. The molecule has 0 saturated carbocycles. The normalized spacial score (nSPS) is 27.7. The molecular formula is C9H10N2. The maximum atomic E-state index is 8.65. The molecule has 1 aliphatic carbocycles. The van der Waals surface area contributed by atoms with Crippen LogP contribution < -0.4 is 5.32 Å². The minimum Gasteiger partial charge on any atom is -0.370 e. The van der Waals surface area contributed by atoms with Gasteiger partial charge in [-0.3, -0.25) is 0 Å². The van der Waals surface area contributed by atoms with E-state index in [2.05, 4.69) is 23.5 Å². The predicted molar refractivity (Wildman–Crippen MR) is 42.6 cm³/mol. The minimum atomic E-state index is 0.0303. The summed E-state index contributed by atoms with van der Waals surface area (Å²) in [6.07, 6.45) is 7.45. The summed E-state index contributed by atoms with van der Waals surface area (Å²) in [5, 5.41) is 11.8. The number of nitrogens with zero attached hydrogens (tertiary/aromatic N) is 1. The van der Waals surface area contributed by atoms with Gasteiger partial charge in [0.05, 0.1) is 6.07 Å². The van der Waals surface area contributed by atoms with E-state index in [0.717, 1.165) is 19.3 Å². The molecule has 1 aliphatic heterocycles. The van der Waals surface area contributed by atoms with Gasteiger partial charge in [0.15, 0.2) is 0 Å². The van der Waals surface area contributed by atoms with Crippen LogP contribution in [0.15, 0.2) is 23.4 Å². The Morgan fingerprint density at radius 3 is 3.27 bits per heavy atom. The molecule has 2 heteroatoms. The fraction of sp³-hybridized carbons (Fsp3) is 0.444. The van der Waals surface area contributed by atoms with Crippen molar-refractivity contribution < 1.29 is 0 Å². The molecule has 11 heavy (non-hydrogen) atoms.